The number of hydrogen-bond acceptors (Lipinski definition) is 5. The van der Waals surface area contributed by atoms with Gasteiger partial charge in [0.25, 0.3) is 11.8 Å². The number of benzene rings is 1. The SMILES string of the molecule is Cc1ccc(F)c(C(=O)N2CCC3(CCN(C(=O)CC4SC(N)=NC4=O)C3)CC2)c1F. The van der Waals surface area contributed by atoms with Crippen molar-refractivity contribution in [2.45, 2.75) is 37.9 Å². The molecule has 1 unspecified atom stereocenters. The first-order valence-electron chi connectivity index (χ1n) is 10.3. The third-order valence-corrected chi connectivity index (χ3v) is 7.50. The molecule has 0 aromatic heterocycles. The number of aryl methyl sites for hydroxylation is 1. The maximum atomic E-state index is 14.3. The molecule has 1 aromatic carbocycles. The van der Waals surface area contributed by atoms with E-state index >= 15 is 0 Å². The normalized spacial score (nSPS) is 22.9. The zero-order valence-corrected chi connectivity index (χ0v) is 18.0. The van der Waals surface area contributed by atoms with Crippen LogP contribution in [0, 0.1) is 24.0 Å². The van der Waals surface area contributed by atoms with Gasteiger partial charge in [-0.2, -0.15) is 4.99 Å². The van der Waals surface area contributed by atoms with Crippen LogP contribution in [0.4, 0.5) is 8.78 Å². The van der Waals surface area contributed by atoms with Gasteiger partial charge in [0.2, 0.25) is 5.91 Å². The molecule has 1 atom stereocenters. The average Bonchev–Trinajstić information content (AvgIpc) is 3.28. The lowest BCUT2D eigenvalue weighted by atomic mass is 9.77. The highest BCUT2D eigenvalue weighted by molar-refractivity contribution is 8.15. The number of thioether (sulfide) groups is 1. The number of halogens is 2. The number of amidine groups is 1. The number of hydrogen-bond donors (Lipinski definition) is 1. The van der Waals surface area contributed by atoms with Gasteiger partial charge in [-0.15, -0.1) is 0 Å². The van der Waals surface area contributed by atoms with Crippen molar-refractivity contribution in [1.82, 2.24) is 9.80 Å². The summed E-state index contributed by atoms with van der Waals surface area (Å²) in [6, 6.07) is 2.43. The second-order valence-corrected chi connectivity index (χ2v) is 9.73. The van der Waals surface area contributed by atoms with E-state index in [1.165, 1.54) is 17.9 Å². The van der Waals surface area contributed by atoms with E-state index in [9.17, 15) is 23.2 Å². The standard InChI is InChI=1S/C21H24F2N4O3S/c1-12-2-3-13(22)16(17(12)23)19(30)26-7-4-21(5-8-26)6-9-27(11-21)15(28)10-14-18(29)25-20(24)31-14/h2-3,14H,4-11H2,1H3,(H2,24,25,29). The molecule has 3 amide bonds. The van der Waals surface area contributed by atoms with Gasteiger partial charge in [-0.1, -0.05) is 17.8 Å². The second-order valence-electron chi connectivity index (χ2n) is 8.51. The fourth-order valence-corrected chi connectivity index (χ4v) is 5.38. The summed E-state index contributed by atoms with van der Waals surface area (Å²) in [5.74, 6) is -2.77. The predicted molar refractivity (Wildman–Crippen MR) is 112 cm³/mol. The summed E-state index contributed by atoms with van der Waals surface area (Å²) in [6.45, 7) is 3.42. The molecule has 3 aliphatic heterocycles. The maximum absolute atomic E-state index is 14.3. The Morgan fingerprint density at radius 1 is 1.19 bits per heavy atom. The molecule has 1 aromatic rings. The molecule has 1 spiro atoms. The van der Waals surface area contributed by atoms with E-state index in [1.54, 1.807) is 4.90 Å². The fourth-order valence-electron chi connectivity index (χ4n) is 4.57. The molecule has 31 heavy (non-hydrogen) atoms. The number of carbonyl (C=O) groups is 3. The van der Waals surface area contributed by atoms with Gasteiger partial charge in [-0.25, -0.2) is 8.78 Å². The van der Waals surface area contributed by atoms with Crippen LogP contribution in [0.25, 0.3) is 0 Å². The Labute approximate surface area is 183 Å². The van der Waals surface area contributed by atoms with E-state index in [0.29, 0.717) is 39.0 Å². The zero-order valence-electron chi connectivity index (χ0n) is 17.2. The Balaban J connectivity index is 1.35. The zero-order chi connectivity index (χ0) is 22.3. The topological polar surface area (TPSA) is 96.1 Å². The minimum absolute atomic E-state index is 0.0697. The highest BCUT2D eigenvalue weighted by Gasteiger charge is 2.44. The van der Waals surface area contributed by atoms with Crippen molar-refractivity contribution >= 4 is 34.7 Å². The first kappa shape index (κ1) is 21.7. The van der Waals surface area contributed by atoms with Gasteiger partial charge in [-0.3, -0.25) is 14.4 Å². The molecule has 0 aliphatic carbocycles. The number of carbonyl (C=O) groups excluding carboxylic acids is 3. The third-order valence-electron chi connectivity index (χ3n) is 6.52. The summed E-state index contributed by atoms with van der Waals surface area (Å²) in [4.78, 5) is 44.1. The van der Waals surface area contributed by atoms with Crippen molar-refractivity contribution in [2.75, 3.05) is 26.2 Å². The Kier molecular flexibility index (Phi) is 5.76. The monoisotopic (exact) mass is 450 g/mol. The van der Waals surface area contributed by atoms with Crippen LogP contribution in [-0.2, 0) is 9.59 Å². The van der Waals surface area contributed by atoms with Crippen LogP contribution in [0.2, 0.25) is 0 Å². The lowest BCUT2D eigenvalue weighted by Gasteiger charge is -2.39. The molecule has 10 heteroatoms. The molecule has 3 aliphatic rings. The summed E-state index contributed by atoms with van der Waals surface area (Å²) >= 11 is 1.12. The second kappa shape index (κ2) is 8.22. The number of likely N-dealkylation sites (tertiary alicyclic amines) is 2. The van der Waals surface area contributed by atoms with Crippen molar-refractivity contribution in [2.24, 2.45) is 16.1 Å². The van der Waals surface area contributed by atoms with Crippen LogP contribution in [-0.4, -0.2) is 64.1 Å². The van der Waals surface area contributed by atoms with Crippen LogP contribution in [0.3, 0.4) is 0 Å². The van der Waals surface area contributed by atoms with Gasteiger partial charge in [0.15, 0.2) is 5.17 Å². The lowest BCUT2D eigenvalue weighted by Crippen LogP contribution is -2.45. The minimum atomic E-state index is -0.852. The van der Waals surface area contributed by atoms with E-state index in [2.05, 4.69) is 4.99 Å². The van der Waals surface area contributed by atoms with E-state index < -0.39 is 28.4 Å². The van der Waals surface area contributed by atoms with Gasteiger partial charge in [0.05, 0.1) is 0 Å². The summed E-state index contributed by atoms with van der Waals surface area (Å²) in [7, 11) is 0. The first-order valence-corrected chi connectivity index (χ1v) is 11.1. The third kappa shape index (κ3) is 4.17. The fraction of sp³-hybridized carbons (Fsp3) is 0.524. The summed E-state index contributed by atoms with van der Waals surface area (Å²) in [5, 5.41) is -0.359. The molecule has 2 saturated heterocycles. The van der Waals surface area contributed by atoms with Crippen LogP contribution < -0.4 is 5.73 Å². The smallest absolute Gasteiger partial charge is 0.262 e. The van der Waals surface area contributed by atoms with Gasteiger partial charge in [0, 0.05) is 32.6 Å². The average molecular weight is 451 g/mol. The molecule has 0 saturated carbocycles. The summed E-state index contributed by atoms with van der Waals surface area (Å²) in [6.07, 6.45) is 2.19. The maximum Gasteiger partial charge on any atom is 0.262 e. The number of nitrogens with two attached hydrogens (primary N) is 1. The van der Waals surface area contributed by atoms with Crippen molar-refractivity contribution < 1.29 is 23.2 Å². The Morgan fingerprint density at radius 2 is 1.84 bits per heavy atom. The number of aliphatic imine (C=N–C) groups is 1. The summed E-state index contributed by atoms with van der Waals surface area (Å²) in [5.41, 5.74) is 5.17. The van der Waals surface area contributed by atoms with Crippen LogP contribution >= 0.6 is 11.8 Å². The molecule has 7 nitrogen and oxygen atoms in total. The quantitative estimate of drug-likeness (QED) is 0.761. The van der Waals surface area contributed by atoms with E-state index in [1.807, 2.05) is 0 Å². The highest BCUT2D eigenvalue weighted by Crippen LogP contribution is 2.41. The largest absolute Gasteiger partial charge is 0.378 e. The number of piperidine rings is 1. The van der Waals surface area contributed by atoms with Gasteiger partial charge >= 0.3 is 0 Å². The molecule has 3 heterocycles. The Bertz CT molecular complexity index is 976. The predicted octanol–water partition coefficient (Wildman–Crippen LogP) is 2.07. The van der Waals surface area contributed by atoms with Crippen LogP contribution in [0.15, 0.2) is 17.1 Å². The van der Waals surface area contributed by atoms with Gasteiger partial charge in [-0.05, 0) is 43.2 Å². The number of rotatable bonds is 3. The van der Waals surface area contributed by atoms with E-state index in [4.69, 9.17) is 5.73 Å². The van der Waals surface area contributed by atoms with Crippen molar-refractivity contribution in [3.63, 3.8) is 0 Å². The molecule has 2 N–H and O–H groups in total. The molecule has 0 bridgehead atoms. The molecule has 2 fully saturated rings. The van der Waals surface area contributed by atoms with Gasteiger partial charge < -0.3 is 15.5 Å². The minimum Gasteiger partial charge on any atom is -0.378 e. The molecular formula is C21H24F2N4O3S. The van der Waals surface area contributed by atoms with Crippen molar-refractivity contribution in [1.29, 1.82) is 0 Å². The van der Waals surface area contributed by atoms with E-state index in [0.717, 1.165) is 24.2 Å². The highest BCUT2D eigenvalue weighted by atomic mass is 32.2. The van der Waals surface area contributed by atoms with Crippen LogP contribution in [0.1, 0.15) is 41.6 Å². The Morgan fingerprint density at radius 3 is 2.45 bits per heavy atom. The van der Waals surface area contributed by atoms with Crippen molar-refractivity contribution in [3.05, 3.63) is 34.9 Å². The molecule has 0 radical (unpaired) electrons. The molecular weight excluding hydrogens is 426 g/mol. The van der Waals surface area contributed by atoms with E-state index in [-0.39, 0.29) is 34.4 Å². The van der Waals surface area contributed by atoms with Gasteiger partial charge in [0.1, 0.15) is 22.4 Å². The van der Waals surface area contributed by atoms with Crippen molar-refractivity contribution in [3.8, 4) is 0 Å². The lowest BCUT2D eigenvalue weighted by molar-refractivity contribution is -0.132. The first-order chi connectivity index (χ1) is 14.7. The number of nitrogens with zero attached hydrogens (tertiary/aromatic N) is 3. The number of amides is 3. The molecule has 166 valence electrons. The summed E-state index contributed by atoms with van der Waals surface area (Å²) < 4.78 is 28.5. The molecule has 4 rings (SSSR count). The Hall–Kier alpha value is -2.49. The van der Waals surface area contributed by atoms with Crippen LogP contribution in [0.5, 0.6) is 0 Å².